The van der Waals surface area contributed by atoms with Crippen LogP contribution < -0.4 is 10.6 Å². The number of nitrogens with one attached hydrogen (secondary N) is 2. The lowest BCUT2D eigenvalue weighted by molar-refractivity contribution is -0.114. The molecule has 2 amide bonds. The molecule has 0 bridgehead atoms. The van der Waals surface area contributed by atoms with E-state index in [1.807, 2.05) is 6.07 Å². The predicted octanol–water partition coefficient (Wildman–Crippen LogP) is 5.18. The number of benzene rings is 1. The Morgan fingerprint density at radius 3 is 2.58 bits per heavy atom. The third-order valence-corrected chi connectivity index (χ3v) is 5.88. The van der Waals surface area contributed by atoms with E-state index in [0.717, 1.165) is 4.88 Å². The monoisotopic (exact) mass is 409 g/mol. The van der Waals surface area contributed by atoms with Crippen LogP contribution in [0, 0.1) is 12.7 Å². The fourth-order valence-corrected chi connectivity index (χ4v) is 4.28. The number of hydrogen-bond donors (Lipinski definition) is 2. The molecular weight excluding hydrogens is 397 g/mol. The zero-order valence-corrected chi connectivity index (χ0v) is 16.1. The zero-order valence-electron chi connectivity index (χ0n) is 13.7. The molecule has 26 heavy (non-hydrogen) atoms. The van der Waals surface area contributed by atoms with Gasteiger partial charge in [-0.05, 0) is 37.3 Å². The second-order valence-electron chi connectivity index (χ2n) is 5.37. The van der Waals surface area contributed by atoms with Gasteiger partial charge in [0, 0.05) is 12.6 Å². The van der Waals surface area contributed by atoms with Crippen molar-refractivity contribution in [1.29, 1.82) is 0 Å². The first kappa shape index (κ1) is 18.5. The minimum atomic E-state index is -0.580. The highest BCUT2D eigenvalue weighted by Crippen LogP contribution is 2.35. The van der Waals surface area contributed by atoms with Crippen LogP contribution in [0.5, 0.6) is 0 Å². The number of halogens is 2. The van der Waals surface area contributed by atoms with Gasteiger partial charge < -0.3 is 10.6 Å². The summed E-state index contributed by atoms with van der Waals surface area (Å²) in [5, 5.41) is 5.79. The van der Waals surface area contributed by atoms with Gasteiger partial charge in [0.1, 0.15) is 15.7 Å². The third kappa shape index (κ3) is 4.09. The van der Waals surface area contributed by atoms with Gasteiger partial charge in [0.15, 0.2) is 0 Å². The van der Waals surface area contributed by atoms with E-state index < -0.39 is 11.7 Å². The minimum absolute atomic E-state index is 0.00485. The van der Waals surface area contributed by atoms with E-state index in [2.05, 4.69) is 15.6 Å². The molecule has 0 radical (unpaired) electrons. The molecule has 0 atom stereocenters. The van der Waals surface area contributed by atoms with Crippen LogP contribution >= 0.6 is 34.3 Å². The molecule has 9 heteroatoms. The summed E-state index contributed by atoms with van der Waals surface area (Å²) in [6.45, 7) is 3.03. The Kier molecular flexibility index (Phi) is 5.36. The Bertz CT molecular complexity index is 1000. The first-order valence-corrected chi connectivity index (χ1v) is 9.46. The van der Waals surface area contributed by atoms with Gasteiger partial charge in [-0.1, -0.05) is 11.6 Å². The molecule has 0 saturated heterocycles. The number of carbonyl (C=O) groups excluding carboxylic acids is 2. The molecule has 2 N–H and O–H groups in total. The fraction of sp³-hybridized carbons (Fsp3) is 0.118. The van der Waals surface area contributed by atoms with Crippen LogP contribution in [0.3, 0.4) is 0 Å². The molecule has 0 fully saturated rings. The van der Waals surface area contributed by atoms with E-state index in [1.165, 1.54) is 47.8 Å². The lowest BCUT2D eigenvalue weighted by Crippen LogP contribution is -2.13. The fourth-order valence-electron chi connectivity index (χ4n) is 2.22. The van der Waals surface area contributed by atoms with Crippen molar-refractivity contribution in [3.05, 3.63) is 51.1 Å². The SMILES string of the molecule is CC(=O)Nc1cc(NC(=O)c2sc(-c3ccc(Cl)s3)nc2C)ccc1F. The zero-order chi connectivity index (χ0) is 18.8. The summed E-state index contributed by atoms with van der Waals surface area (Å²) < 4.78 is 14.4. The summed E-state index contributed by atoms with van der Waals surface area (Å²) in [6, 6.07) is 7.60. The number of carbonyl (C=O) groups is 2. The van der Waals surface area contributed by atoms with Crippen LogP contribution in [0.2, 0.25) is 4.34 Å². The molecular formula is C17H13ClFN3O2S2. The Labute approximate surface area is 161 Å². The summed E-state index contributed by atoms with van der Waals surface area (Å²) in [4.78, 5) is 29.4. The molecule has 0 unspecified atom stereocenters. The van der Waals surface area contributed by atoms with Crippen molar-refractivity contribution in [2.45, 2.75) is 13.8 Å². The van der Waals surface area contributed by atoms with Gasteiger partial charge in [0.25, 0.3) is 5.91 Å². The Morgan fingerprint density at radius 2 is 1.92 bits per heavy atom. The highest BCUT2D eigenvalue weighted by molar-refractivity contribution is 7.24. The van der Waals surface area contributed by atoms with Gasteiger partial charge in [0.2, 0.25) is 5.91 Å². The van der Waals surface area contributed by atoms with E-state index in [9.17, 15) is 14.0 Å². The van der Waals surface area contributed by atoms with Crippen LogP contribution in [0.25, 0.3) is 9.88 Å². The molecule has 0 aliphatic heterocycles. The van der Waals surface area contributed by atoms with Gasteiger partial charge in [-0.3, -0.25) is 9.59 Å². The first-order chi connectivity index (χ1) is 12.3. The van der Waals surface area contributed by atoms with Gasteiger partial charge >= 0.3 is 0 Å². The summed E-state index contributed by atoms with van der Waals surface area (Å²) in [6.07, 6.45) is 0. The largest absolute Gasteiger partial charge is 0.324 e. The highest BCUT2D eigenvalue weighted by Gasteiger charge is 2.18. The van der Waals surface area contributed by atoms with Crippen molar-refractivity contribution in [2.24, 2.45) is 0 Å². The average molecular weight is 410 g/mol. The van der Waals surface area contributed by atoms with Gasteiger partial charge in [-0.15, -0.1) is 22.7 Å². The molecule has 2 heterocycles. The van der Waals surface area contributed by atoms with Gasteiger partial charge in [-0.2, -0.15) is 0 Å². The van der Waals surface area contributed by atoms with Crippen LogP contribution in [0.15, 0.2) is 30.3 Å². The Balaban J connectivity index is 1.82. The maximum atomic E-state index is 13.7. The maximum Gasteiger partial charge on any atom is 0.267 e. The van der Waals surface area contributed by atoms with Gasteiger partial charge in [-0.25, -0.2) is 9.37 Å². The second-order valence-corrected chi connectivity index (χ2v) is 8.08. The van der Waals surface area contributed by atoms with Crippen molar-refractivity contribution < 1.29 is 14.0 Å². The van der Waals surface area contributed by atoms with E-state index >= 15 is 0 Å². The van der Waals surface area contributed by atoms with Crippen molar-refractivity contribution in [1.82, 2.24) is 4.98 Å². The second kappa shape index (κ2) is 7.53. The number of nitrogens with zero attached hydrogens (tertiary/aromatic N) is 1. The van der Waals surface area contributed by atoms with Crippen LogP contribution in [0.4, 0.5) is 15.8 Å². The molecule has 2 aromatic heterocycles. The van der Waals surface area contributed by atoms with E-state index in [-0.39, 0.29) is 11.6 Å². The summed E-state index contributed by atoms with van der Waals surface area (Å²) in [5.74, 6) is -1.33. The molecule has 3 rings (SSSR count). The van der Waals surface area contributed by atoms with E-state index in [4.69, 9.17) is 11.6 Å². The van der Waals surface area contributed by atoms with E-state index in [0.29, 0.717) is 25.6 Å². The van der Waals surface area contributed by atoms with E-state index in [1.54, 1.807) is 13.0 Å². The number of rotatable bonds is 4. The number of amides is 2. The van der Waals surface area contributed by atoms with Gasteiger partial charge in [0.05, 0.1) is 20.6 Å². The maximum absolute atomic E-state index is 13.7. The number of aryl methyl sites for hydroxylation is 1. The van der Waals surface area contributed by atoms with Crippen LogP contribution in [0.1, 0.15) is 22.3 Å². The Morgan fingerprint density at radius 1 is 1.15 bits per heavy atom. The lowest BCUT2D eigenvalue weighted by atomic mass is 10.2. The van der Waals surface area contributed by atoms with Crippen molar-refractivity contribution in [3.8, 4) is 9.88 Å². The number of anilines is 2. The summed E-state index contributed by atoms with van der Waals surface area (Å²) in [5.41, 5.74) is 0.968. The van der Waals surface area contributed by atoms with Crippen molar-refractivity contribution in [3.63, 3.8) is 0 Å². The minimum Gasteiger partial charge on any atom is -0.324 e. The number of thiazole rings is 1. The topological polar surface area (TPSA) is 71.1 Å². The molecule has 0 spiro atoms. The number of hydrogen-bond acceptors (Lipinski definition) is 5. The normalized spacial score (nSPS) is 10.6. The number of aromatic nitrogens is 1. The van der Waals surface area contributed by atoms with Crippen molar-refractivity contribution >= 4 is 57.5 Å². The molecule has 0 saturated carbocycles. The Hall–Kier alpha value is -2.29. The third-order valence-electron chi connectivity index (χ3n) is 3.32. The van der Waals surface area contributed by atoms with Crippen LogP contribution in [-0.4, -0.2) is 16.8 Å². The van der Waals surface area contributed by atoms with Crippen LogP contribution in [-0.2, 0) is 4.79 Å². The molecule has 1 aromatic carbocycles. The molecule has 134 valence electrons. The average Bonchev–Trinajstić information content (AvgIpc) is 3.16. The lowest BCUT2D eigenvalue weighted by Gasteiger charge is -2.08. The summed E-state index contributed by atoms with van der Waals surface area (Å²) >= 11 is 8.59. The molecule has 0 aliphatic carbocycles. The standard InChI is InChI=1S/C17H13ClFN3O2S2/c1-8-15(26-17(20-8)13-5-6-14(18)25-13)16(24)22-10-3-4-11(19)12(7-10)21-9(2)23/h3-7H,1-2H3,(H,21,23)(H,22,24). The molecule has 3 aromatic rings. The number of thiophene rings is 1. The quantitative estimate of drug-likeness (QED) is 0.623. The first-order valence-electron chi connectivity index (χ1n) is 7.45. The van der Waals surface area contributed by atoms with Crippen molar-refractivity contribution in [2.75, 3.05) is 10.6 Å². The molecule has 5 nitrogen and oxygen atoms in total. The molecule has 0 aliphatic rings. The smallest absolute Gasteiger partial charge is 0.267 e. The summed E-state index contributed by atoms with van der Waals surface area (Å²) in [7, 11) is 0. The predicted molar refractivity (Wildman–Crippen MR) is 104 cm³/mol. The highest BCUT2D eigenvalue weighted by atomic mass is 35.5.